The van der Waals surface area contributed by atoms with Crippen LogP contribution in [0.15, 0.2) is 0 Å². The molecule has 0 bridgehead atoms. The van der Waals surface area contributed by atoms with Crippen LogP contribution in [0.4, 0.5) is 0 Å². The summed E-state index contributed by atoms with van der Waals surface area (Å²) in [7, 11) is 4.14. The van der Waals surface area contributed by atoms with Gasteiger partial charge in [-0.05, 0) is 26.4 Å². The van der Waals surface area contributed by atoms with E-state index in [1.54, 1.807) is 0 Å². The van der Waals surface area contributed by atoms with Gasteiger partial charge in [-0.1, -0.05) is 97.3 Å². The van der Waals surface area contributed by atoms with Crippen LogP contribution in [0.5, 0.6) is 0 Å². The Morgan fingerprint density at radius 1 is 0.696 bits per heavy atom. The van der Waals surface area contributed by atoms with E-state index in [0.717, 1.165) is 0 Å². The lowest BCUT2D eigenvalue weighted by Crippen LogP contribution is -2.37. The van der Waals surface area contributed by atoms with Crippen LogP contribution in [0.3, 0.4) is 0 Å². The van der Waals surface area contributed by atoms with Gasteiger partial charge in [0, 0.05) is 6.04 Å². The Hall–Kier alpha value is -0.0800. The molecule has 0 amide bonds. The van der Waals surface area contributed by atoms with Gasteiger partial charge in [-0.15, -0.1) is 0 Å². The van der Waals surface area contributed by atoms with E-state index in [2.05, 4.69) is 32.8 Å². The molecule has 0 spiro atoms. The van der Waals surface area contributed by atoms with E-state index < -0.39 is 0 Å². The molecule has 0 fully saturated rings. The molecule has 0 saturated heterocycles. The molecule has 2 atom stereocenters. The molecule has 0 heterocycles. The minimum Gasteiger partial charge on any atom is -0.395 e. The highest BCUT2D eigenvalue weighted by Gasteiger charge is 2.17. The Labute approximate surface area is 147 Å². The summed E-state index contributed by atoms with van der Waals surface area (Å²) in [6.07, 6.45) is 19.7. The average molecular weight is 328 g/mol. The molecule has 0 aromatic heterocycles. The minimum absolute atomic E-state index is 0.284. The van der Waals surface area contributed by atoms with Crippen molar-refractivity contribution in [1.29, 1.82) is 0 Å². The number of rotatable bonds is 17. The number of hydrogen-bond acceptors (Lipinski definition) is 2. The molecule has 2 nitrogen and oxygen atoms in total. The molecule has 140 valence electrons. The molecule has 0 aliphatic heterocycles. The van der Waals surface area contributed by atoms with E-state index in [1.807, 2.05) is 0 Å². The number of aliphatic hydroxyl groups is 1. The monoisotopic (exact) mass is 327 g/mol. The van der Waals surface area contributed by atoms with Crippen molar-refractivity contribution >= 4 is 0 Å². The van der Waals surface area contributed by atoms with Crippen molar-refractivity contribution in [1.82, 2.24) is 4.90 Å². The van der Waals surface area contributed by atoms with Gasteiger partial charge in [0.05, 0.1) is 6.61 Å². The van der Waals surface area contributed by atoms with E-state index in [9.17, 15) is 5.11 Å². The summed E-state index contributed by atoms with van der Waals surface area (Å²) in [5.74, 6) is 0.600. The quantitative estimate of drug-likeness (QED) is 0.330. The SMILES string of the molecule is CCCCCCCCCCCCCCC[C@@H](C)[C@H](CO)N(C)C. The van der Waals surface area contributed by atoms with Gasteiger partial charge in [0.1, 0.15) is 0 Å². The highest BCUT2D eigenvalue weighted by molar-refractivity contribution is 4.71. The van der Waals surface area contributed by atoms with Crippen LogP contribution in [0.2, 0.25) is 0 Å². The Morgan fingerprint density at radius 3 is 1.43 bits per heavy atom. The van der Waals surface area contributed by atoms with Crippen molar-refractivity contribution in [2.45, 2.75) is 110 Å². The molecular weight excluding hydrogens is 282 g/mol. The van der Waals surface area contributed by atoms with Gasteiger partial charge in [0.2, 0.25) is 0 Å². The molecule has 1 N–H and O–H groups in total. The second kappa shape index (κ2) is 16.8. The number of unbranched alkanes of at least 4 members (excludes halogenated alkanes) is 12. The fourth-order valence-electron chi connectivity index (χ4n) is 3.53. The zero-order valence-corrected chi connectivity index (χ0v) is 16.7. The summed E-state index contributed by atoms with van der Waals surface area (Å²) in [6, 6.07) is 0.326. The fourth-order valence-corrected chi connectivity index (χ4v) is 3.53. The molecule has 0 radical (unpaired) electrons. The lowest BCUT2D eigenvalue weighted by atomic mass is 9.94. The summed E-state index contributed by atoms with van der Waals surface area (Å²) in [5.41, 5.74) is 0. The molecule has 23 heavy (non-hydrogen) atoms. The highest BCUT2D eigenvalue weighted by atomic mass is 16.3. The van der Waals surface area contributed by atoms with Crippen molar-refractivity contribution in [3.8, 4) is 0 Å². The first-order valence-corrected chi connectivity index (χ1v) is 10.4. The molecular formula is C21H45NO. The van der Waals surface area contributed by atoms with Gasteiger partial charge < -0.3 is 10.0 Å². The zero-order chi connectivity index (χ0) is 17.3. The summed E-state index contributed by atoms with van der Waals surface area (Å²) < 4.78 is 0. The summed E-state index contributed by atoms with van der Waals surface area (Å²) >= 11 is 0. The predicted molar refractivity (Wildman–Crippen MR) is 104 cm³/mol. The van der Waals surface area contributed by atoms with Gasteiger partial charge in [0.25, 0.3) is 0 Å². The van der Waals surface area contributed by atoms with Crippen molar-refractivity contribution in [3.63, 3.8) is 0 Å². The third-order valence-corrected chi connectivity index (χ3v) is 5.27. The van der Waals surface area contributed by atoms with Crippen molar-refractivity contribution in [3.05, 3.63) is 0 Å². The normalized spacial score (nSPS) is 14.3. The van der Waals surface area contributed by atoms with Crippen LogP contribution in [-0.2, 0) is 0 Å². The second-order valence-electron chi connectivity index (χ2n) is 7.72. The van der Waals surface area contributed by atoms with Crippen molar-refractivity contribution in [2.75, 3.05) is 20.7 Å². The van der Waals surface area contributed by atoms with Crippen LogP contribution >= 0.6 is 0 Å². The van der Waals surface area contributed by atoms with E-state index in [4.69, 9.17) is 0 Å². The van der Waals surface area contributed by atoms with Crippen LogP contribution in [0.1, 0.15) is 104 Å². The zero-order valence-electron chi connectivity index (χ0n) is 16.7. The molecule has 0 saturated carbocycles. The van der Waals surface area contributed by atoms with Gasteiger partial charge in [-0.3, -0.25) is 0 Å². The Morgan fingerprint density at radius 2 is 1.09 bits per heavy atom. The smallest absolute Gasteiger partial charge is 0.0589 e. The first kappa shape index (κ1) is 22.9. The minimum atomic E-state index is 0.284. The standard InChI is InChI=1S/C21H45NO/c1-5-6-7-8-9-10-11-12-13-14-15-16-17-18-20(2)21(19-23)22(3)4/h20-21,23H,5-19H2,1-4H3/t20-,21+/m1/s1. The van der Waals surface area contributed by atoms with Crippen LogP contribution < -0.4 is 0 Å². The van der Waals surface area contributed by atoms with Gasteiger partial charge in [-0.2, -0.15) is 0 Å². The van der Waals surface area contributed by atoms with Gasteiger partial charge in [-0.25, -0.2) is 0 Å². The first-order chi connectivity index (χ1) is 11.1. The lowest BCUT2D eigenvalue weighted by molar-refractivity contribution is 0.122. The Bertz CT molecular complexity index is 230. The number of likely N-dealkylation sites (N-methyl/N-ethyl adjacent to an activating group) is 1. The topological polar surface area (TPSA) is 23.5 Å². The number of nitrogens with zero attached hydrogens (tertiary/aromatic N) is 1. The maximum Gasteiger partial charge on any atom is 0.0589 e. The number of aliphatic hydroxyl groups excluding tert-OH is 1. The lowest BCUT2D eigenvalue weighted by Gasteiger charge is -2.28. The third-order valence-electron chi connectivity index (χ3n) is 5.27. The van der Waals surface area contributed by atoms with Gasteiger partial charge >= 0.3 is 0 Å². The van der Waals surface area contributed by atoms with E-state index in [-0.39, 0.29) is 6.61 Å². The fraction of sp³-hybridized carbons (Fsp3) is 1.00. The number of hydrogen-bond donors (Lipinski definition) is 1. The van der Waals surface area contributed by atoms with Crippen molar-refractivity contribution in [2.24, 2.45) is 5.92 Å². The van der Waals surface area contributed by atoms with Gasteiger partial charge in [0.15, 0.2) is 0 Å². The maximum absolute atomic E-state index is 9.43. The highest BCUT2D eigenvalue weighted by Crippen LogP contribution is 2.18. The van der Waals surface area contributed by atoms with E-state index >= 15 is 0 Å². The summed E-state index contributed by atoms with van der Waals surface area (Å²) in [5, 5.41) is 9.43. The van der Waals surface area contributed by atoms with Crippen molar-refractivity contribution < 1.29 is 5.11 Å². The maximum atomic E-state index is 9.43. The Kier molecular flexibility index (Phi) is 16.7. The predicted octanol–water partition coefficient (Wildman–Crippen LogP) is 6.03. The van der Waals surface area contributed by atoms with Crippen LogP contribution in [-0.4, -0.2) is 36.8 Å². The molecule has 0 aromatic carbocycles. The summed E-state index contributed by atoms with van der Waals surface area (Å²) in [4.78, 5) is 2.16. The third kappa shape index (κ3) is 14.0. The molecule has 0 aliphatic rings. The van der Waals surface area contributed by atoms with Crippen LogP contribution in [0, 0.1) is 5.92 Å². The Balaban J connectivity index is 3.27. The molecule has 0 aliphatic carbocycles. The molecule has 0 aromatic rings. The first-order valence-electron chi connectivity index (χ1n) is 10.4. The second-order valence-corrected chi connectivity index (χ2v) is 7.72. The molecule has 0 unspecified atom stereocenters. The van der Waals surface area contributed by atoms with E-state index in [0.29, 0.717) is 12.0 Å². The molecule has 0 rings (SSSR count). The molecule has 2 heteroatoms. The summed E-state index contributed by atoms with van der Waals surface area (Å²) in [6.45, 7) is 4.85. The van der Waals surface area contributed by atoms with Crippen LogP contribution in [0.25, 0.3) is 0 Å². The average Bonchev–Trinajstić information content (AvgIpc) is 2.52. The van der Waals surface area contributed by atoms with E-state index in [1.165, 1.54) is 89.9 Å². The largest absolute Gasteiger partial charge is 0.395 e.